The van der Waals surface area contributed by atoms with Crippen molar-refractivity contribution >= 4 is 23.1 Å². The van der Waals surface area contributed by atoms with Crippen molar-refractivity contribution in [2.45, 2.75) is 13.0 Å². The number of hydrogen-bond acceptors (Lipinski definition) is 5. The van der Waals surface area contributed by atoms with Gasteiger partial charge in [-0.1, -0.05) is 43.0 Å². The molecule has 0 fully saturated rings. The first-order valence-electron chi connectivity index (χ1n) is 10.7. The summed E-state index contributed by atoms with van der Waals surface area (Å²) in [5, 5.41) is 0. The summed E-state index contributed by atoms with van der Waals surface area (Å²) in [6.45, 7) is 4.13. The third-order valence-corrected chi connectivity index (χ3v) is 5.35. The quantitative estimate of drug-likeness (QED) is 0.367. The normalized spacial score (nSPS) is 10.5. The smallest absolute Gasteiger partial charge is 0.250 e. The Morgan fingerprint density at radius 2 is 1.58 bits per heavy atom. The number of carbonyl (C=O) groups is 1. The molecule has 2 heterocycles. The zero-order valence-electron chi connectivity index (χ0n) is 18.5. The molecule has 0 unspecified atom stereocenters. The summed E-state index contributed by atoms with van der Waals surface area (Å²) in [7, 11) is 1.98. The Hall–Kier alpha value is -4.32. The van der Waals surface area contributed by atoms with E-state index in [1.54, 1.807) is 29.6 Å². The summed E-state index contributed by atoms with van der Waals surface area (Å²) in [5.41, 5.74) is 3.82. The van der Waals surface area contributed by atoms with E-state index in [4.69, 9.17) is 0 Å². The number of benzene rings is 2. The van der Waals surface area contributed by atoms with E-state index in [1.165, 1.54) is 6.08 Å². The lowest BCUT2D eigenvalue weighted by molar-refractivity contribution is -0.114. The molecule has 6 heteroatoms. The Labute approximate surface area is 193 Å². The molecule has 164 valence electrons. The fourth-order valence-electron chi connectivity index (χ4n) is 3.60. The molecule has 0 spiro atoms. The number of pyridine rings is 1. The predicted molar refractivity (Wildman–Crippen MR) is 131 cm³/mol. The van der Waals surface area contributed by atoms with E-state index in [2.05, 4.69) is 21.5 Å². The van der Waals surface area contributed by atoms with Crippen LogP contribution in [0.25, 0.3) is 0 Å². The SMILES string of the molecule is C=CC(=O)N(Cc1ccc(N(C)c2ccccn2)cc1)c1ccccc1Cc1ncccn1. The van der Waals surface area contributed by atoms with Gasteiger partial charge in [0, 0.05) is 43.4 Å². The van der Waals surface area contributed by atoms with Gasteiger partial charge in [0.05, 0.1) is 6.54 Å². The van der Waals surface area contributed by atoms with Crippen molar-refractivity contribution in [1.82, 2.24) is 15.0 Å². The van der Waals surface area contributed by atoms with Gasteiger partial charge in [-0.15, -0.1) is 0 Å². The van der Waals surface area contributed by atoms with Crippen LogP contribution in [0.1, 0.15) is 17.0 Å². The molecule has 0 bridgehead atoms. The average molecular weight is 436 g/mol. The number of hydrogen-bond donors (Lipinski definition) is 0. The molecular formula is C27H25N5O. The lowest BCUT2D eigenvalue weighted by atomic mass is 10.1. The van der Waals surface area contributed by atoms with Crippen molar-refractivity contribution < 1.29 is 4.79 Å². The Kier molecular flexibility index (Phi) is 6.85. The Morgan fingerprint density at radius 3 is 2.27 bits per heavy atom. The third kappa shape index (κ3) is 5.30. The molecule has 4 aromatic rings. The second-order valence-corrected chi connectivity index (χ2v) is 7.51. The lowest BCUT2D eigenvalue weighted by Crippen LogP contribution is -2.29. The molecule has 4 rings (SSSR count). The Balaban J connectivity index is 1.58. The number of anilines is 3. The van der Waals surface area contributed by atoms with Crippen LogP contribution in [0.5, 0.6) is 0 Å². The largest absolute Gasteiger partial charge is 0.329 e. The van der Waals surface area contributed by atoms with Crippen LogP contribution >= 0.6 is 0 Å². The van der Waals surface area contributed by atoms with Gasteiger partial charge in [-0.2, -0.15) is 0 Å². The summed E-state index contributed by atoms with van der Waals surface area (Å²) in [4.78, 5) is 29.7. The van der Waals surface area contributed by atoms with E-state index in [1.807, 2.05) is 78.7 Å². The maximum absolute atomic E-state index is 12.8. The van der Waals surface area contributed by atoms with Crippen molar-refractivity contribution in [3.63, 3.8) is 0 Å². The van der Waals surface area contributed by atoms with Gasteiger partial charge in [0.2, 0.25) is 0 Å². The summed E-state index contributed by atoms with van der Waals surface area (Å²) in [5.74, 6) is 1.41. The Bertz CT molecular complexity index is 1210. The third-order valence-electron chi connectivity index (χ3n) is 5.35. The maximum atomic E-state index is 12.8. The minimum Gasteiger partial charge on any atom is -0.329 e. The first-order chi connectivity index (χ1) is 16.2. The van der Waals surface area contributed by atoms with Gasteiger partial charge < -0.3 is 9.80 Å². The zero-order valence-corrected chi connectivity index (χ0v) is 18.5. The standard InChI is InChI=1S/C27H25N5O/c1-3-27(33)32(24-10-5-4-9-22(24)19-25-28-17-8-18-29-25)20-21-12-14-23(15-13-21)31(2)26-11-6-7-16-30-26/h3-18H,1,19-20H2,2H3. The average Bonchev–Trinajstić information content (AvgIpc) is 2.88. The molecule has 2 aromatic carbocycles. The summed E-state index contributed by atoms with van der Waals surface area (Å²) in [6, 6.07) is 23.6. The minimum atomic E-state index is -0.161. The van der Waals surface area contributed by atoms with E-state index in [-0.39, 0.29) is 5.91 Å². The van der Waals surface area contributed by atoms with Crippen LogP contribution in [-0.4, -0.2) is 27.9 Å². The number of amides is 1. The first-order valence-corrected chi connectivity index (χ1v) is 10.7. The van der Waals surface area contributed by atoms with Gasteiger partial charge >= 0.3 is 0 Å². The maximum Gasteiger partial charge on any atom is 0.250 e. The number of nitrogens with zero attached hydrogens (tertiary/aromatic N) is 5. The molecule has 0 saturated heterocycles. The lowest BCUT2D eigenvalue weighted by Gasteiger charge is -2.25. The van der Waals surface area contributed by atoms with Crippen LogP contribution in [0.15, 0.2) is 104 Å². The number of para-hydroxylation sites is 1. The predicted octanol–water partition coefficient (Wildman–Crippen LogP) is 4.95. The van der Waals surface area contributed by atoms with Crippen molar-refractivity contribution in [2.24, 2.45) is 0 Å². The van der Waals surface area contributed by atoms with Crippen molar-refractivity contribution in [3.05, 3.63) is 121 Å². The topological polar surface area (TPSA) is 62.2 Å². The van der Waals surface area contributed by atoms with Gasteiger partial charge in [-0.3, -0.25) is 4.79 Å². The zero-order chi connectivity index (χ0) is 23.0. The molecule has 0 aliphatic heterocycles. The minimum absolute atomic E-state index is 0.161. The van der Waals surface area contributed by atoms with E-state index in [0.29, 0.717) is 18.8 Å². The molecule has 0 atom stereocenters. The highest BCUT2D eigenvalue weighted by Gasteiger charge is 2.18. The second-order valence-electron chi connectivity index (χ2n) is 7.51. The van der Waals surface area contributed by atoms with Gasteiger partial charge in [0.25, 0.3) is 5.91 Å². The van der Waals surface area contributed by atoms with Gasteiger partial charge in [-0.05, 0) is 53.6 Å². The fourth-order valence-corrected chi connectivity index (χ4v) is 3.60. The highest BCUT2D eigenvalue weighted by Crippen LogP contribution is 2.26. The van der Waals surface area contributed by atoms with Crippen LogP contribution in [-0.2, 0) is 17.8 Å². The molecule has 0 saturated carbocycles. The number of carbonyl (C=O) groups excluding carboxylic acids is 1. The van der Waals surface area contributed by atoms with Crippen LogP contribution in [0.2, 0.25) is 0 Å². The van der Waals surface area contributed by atoms with Crippen molar-refractivity contribution in [1.29, 1.82) is 0 Å². The van der Waals surface area contributed by atoms with Crippen molar-refractivity contribution in [3.8, 4) is 0 Å². The van der Waals surface area contributed by atoms with E-state index in [9.17, 15) is 4.79 Å². The molecule has 2 aromatic heterocycles. The molecule has 0 aliphatic carbocycles. The molecule has 0 radical (unpaired) electrons. The second kappa shape index (κ2) is 10.3. The van der Waals surface area contributed by atoms with Gasteiger partial charge in [-0.25, -0.2) is 15.0 Å². The number of rotatable bonds is 8. The molecule has 1 amide bonds. The van der Waals surface area contributed by atoms with Gasteiger partial charge in [0.15, 0.2) is 0 Å². The molecular weight excluding hydrogens is 410 g/mol. The van der Waals surface area contributed by atoms with Crippen LogP contribution in [0.3, 0.4) is 0 Å². The molecule has 6 nitrogen and oxygen atoms in total. The van der Waals surface area contributed by atoms with Crippen molar-refractivity contribution in [2.75, 3.05) is 16.8 Å². The fraction of sp³-hybridized carbons (Fsp3) is 0.111. The highest BCUT2D eigenvalue weighted by atomic mass is 16.2. The van der Waals surface area contributed by atoms with E-state index < -0.39 is 0 Å². The van der Waals surface area contributed by atoms with Crippen LogP contribution in [0.4, 0.5) is 17.2 Å². The molecule has 33 heavy (non-hydrogen) atoms. The first kappa shape index (κ1) is 21.9. The van der Waals surface area contributed by atoms with Gasteiger partial charge in [0.1, 0.15) is 11.6 Å². The highest BCUT2D eigenvalue weighted by molar-refractivity contribution is 6.01. The molecule has 0 aliphatic rings. The van der Waals surface area contributed by atoms with Crippen LogP contribution < -0.4 is 9.80 Å². The van der Waals surface area contributed by atoms with E-state index >= 15 is 0 Å². The number of aromatic nitrogens is 3. The summed E-state index contributed by atoms with van der Waals surface area (Å²) < 4.78 is 0. The Morgan fingerprint density at radius 1 is 0.879 bits per heavy atom. The summed E-state index contributed by atoms with van der Waals surface area (Å²) in [6.07, 6.45) is 7.10. The van der Waals surface area contributed by atoms with Crippen LogP contribution in [0, 0.1) is 0 Å². The molecule has 0 N–H and O–H groups in total. The van der Waals surface area contributed by atoms with E-state index in [0.717, 1.165) is 28.3 Å². The summed E-state index contributed by atoms with van der Waals surface area (Å²) >= 11 is 0. The monoisotopic (exact) mass is 435 g/mol.